The van der Waals surface area contributed by atoms with E-state index in [-0.39, 0.29) is 10.6 Å². The van der Waals surface area contributed by atoms with Crippen molar-refractivity contribution in [2.45, 2.75) is 4.90 Å². The highest BCUT2D eigenvalue weighted by molar-refractivity contribution is 8.13. The van der Waals surface area contributed by atoms with Gasteiger partial charge in [0.1, 0.15) is 5.82 Å². The van der Waals surface area contributed by atoms with Crippen LogP contribution in [0, 0.1) is 17.3 Å². The lowest BCUT2D eigenvalue weighted by molar-refractivity contribution is 0.598. The van der Waals surface area contributed by atoms with Crippen molar-refractivity contribution >= 4 is 38.3 Å². The minimum Gasteiger partial charge on any atom is -0.277 e. The summed E-state index contributed by atoms with van der Waals surface area (Å²) in [7, 11) is -3.91. The standard InChI is InChI=1S/C15H13FN4O2S2/c1-23-15(18-10-17)19-11-6-8-12(9-7-11)24(21,22)20-14-5-3-2-4-13(14)16/h2-9,20H,1H3,(H,18,19). The molecule has 0 aliphatic carbocycles. The van der Waals surface area contributed by atoms with Crippen LogP contribution in [-0.4, -0.2) is 19.8 Å². The minimum absolute atomic E-state index is 0.0244. The van der Waals surface area contributed by atoms with Crippen molar-refractivity contribution in [1.29, 1.82) is 5.26 Å². The monoisotopic (exact) mass is 364 g/mol. The third-order valence-corrected chi connectivity index (χ3v) is 4.81. The summed E-state index contributed by atoms with van der Waals surface area (Å²) in [4.78, 5) is 4.13. The first-order valence-corrected chi connectivity index (χ1v) is 9.32. The molecule has 0 spiro atoms. The second-order valence-corrected chi connectivity index (χ2v) is 6.91. The number of halogens is 1. The normalized spacial score (nSPS) is 11.6. The number of amidine groups is 1. The average molecular weight is 364 g/mol. The van der Waals surface area contributed by atoms with Gasteiger partial charge >= 0.3 is 0 Å². The number of thioether (sulfide) groups is 1. The van der Waals surface area contributed by atoms with Crippen molar-refractivity contribution < 1.29 is 12.8 Å². The van der Waals surface area contributed by atoms with Crippen molar-refractivity contribution in [2.24, 2.45) is 4.99 Å². The molecule has 0 saturated heterocycles. The molecule has 24 heavy (non-hydrogen) atoms. The fourth-order valence-corrected chi connectivity index (χ4v) is 3.15. The van der Waals surface area contributed by atoms with Crippen LogP contribution in [0.3, 0.4) is 0 Å². The van der Waals surface area contributed by atoms with E-state index in [1.165, 1.54) is 60.3 Å². The molecule has 2 rings (SSSR count). The molecule has 0 aromatic heterocycles. The van der Waals surface area contributed by atoms with Crippen LogP contribution in [0.2, 0.25) is 0 Å². The van der Waals surface area contributed by atoms with Gasteiger partial charge in [-0.25, -0.2) is 17.8 Å². The molecule has 0 fully saturated rings. The SMILES string of the molecule is CSC(=Nc1ccc(S(=O)(=O)Nc2ccccc2F)cc1)NC#N. The summed E-state index contributed by atoms with van der Waals surface area (Å²) in [5, 5.41) is 11.4. The van der Waals surface area contributed by atoms with Crippen LogP contribution in [0.5, 0.6) is 0 Å². The molecule has 6 nitrogen and oxygen atoms in total. The first kappa shape index (κ1) is 17.8. The number of sulfonamides is 1. The predicted octanol–water partition coefficient (Wildman–Crippen LogP) is 3.05. The molecule has 124 valence electrons. The van der Waals surface area contributed by atoms with E-state index < -0.39 is 15.8 Å². The predicted molar refractivity (Wildman–Crippen MR) is 93.0 cm³/mol. The lowest BCUT2D eigenvalue weighted by Crippen LogP contribution is -2.14. The number of benzene rings is 2. The second-order valence-electron chi connectivity index (χ2n) is 4.44. The summed E-state index contributed by atoms with van der Waals surface area (Å²) in [6.07, 6.45) is 3.51. The molecule has 0 bridgehead atoms. The van der Waals surface area contributed by atoms with E-state index >= 15 is 0 Å². The summed E-state index contributed by atoms with van der Waals surface area (Å²) in [6.45, 7) is 0. The number of nitriles is 1. The van der Waals surface area contributed by atoms with E-state index in [0.717, 1.165) is 0 Å². The lowest BCUT2D eigenvalue weighted by Gasteiger charge is -2.09. The highest BCUT2D eigenvalue weighted by atomic mass is 32.2. The maximum atomic E-state index is 13.6. The van der Waals surface area contributed by atoms with Gasteiger partial charge in [-0.1, -0.05) is 23.9 Å². The van der Waals surface area contributed by atoms with Crippen molar-refractivity contribution in [3.63, 3.8) is 0 Å². The Hall–Kier alpha value is -2.57. The van der Waals surface area contributed by atoms with Gasteiger partial charge in [0.15, 0.2) is 11.4 Å². The van der Waals surface area contributed by atoms with Crippen molar-refractivity contribution in [3.05, 3.63) is 54.3 Å². The fourth-order valence-electron chi connectivity index (χ4n) is 1.74. The number of nitrogens with zero attached hydrogens (tertiary/aromatic N) is 2. The van der Waals surface area contributed by atoms with Crippen LogP contribution in [-0.2, 0) is 10.0 Å². The molecule has 9 heteroatoms. The second kappa shape index (κ2) is 7.81. The van der Waals surface area contributed by atoms with Gasteiger partial charge in [0.05, 0.1) is 16.3 Å². The van der Waals surface area contributed by atoms with E-state index in [1.807, 2.05) is 0 Å². The zero-order valence-electron chi connectivity index (χ0n) is 12.5. The van der Waals surface area contributed by atoms with Crippen LogP contribution in [0.4, 0.5) is 15.8 Å². The van der Waals surface area contributed by atoms with E-state index in [9.17, 15) is 12.8 Å². The van der Waals surface area contributed by atoms with Gasteiger partial charge in [-0.2, -0.15) is 5.26 Å². The van der Waals surface area contributed by atoms with Gasteiger partial charge in [0.2, 0.25) is 0 Å². The molecule has 0 saturated carbocycles. The molecule has 0 unspecified atom stereocenters. The van der Waals surface area contributed by atoms with Crippen molar-refractivity contribution in [3.8, 4) is 6.19 Å². The van der Waals surface area contributed by atoms with Gasteiger partial charge in [-0.3, -0.25) is 10.0 Å². The zero-order valence-corrected chi connectivity index (χ0v) is 14.2. The minimum atomic E-state index is -3.91. The third-order valence-electron chi connectivity index (χ3n) is 2.85. The maximum absolute atomic E-state index is 13.6. The largest absolute Gasteiger partial charge is 0.277 e. The highest BCUT2D eigenvalue weighted by Crippen LogP contribution is 2.21. The molecule has 2 aromatic carbocycles. The molecule has 0 atom stereocenters. The number of rotatable bonds is 4. The summed E-state index contributed by atoms with van der Waals surface area (Å²) in [5.41, 5.74) is 0.356. The zero-order chi connectivity index (χ0) is 17.6. The Balaban J connectivity index is 2.24. The van der Waals surface area contributed by atoms with Gasteiger partial charge in [-0.05, 0) is 42.7 Å². The van der Waals surface area contributed by atoms with Crippen LogP contribution in [0.1, 0.15) is 0 Å². The Morgan fingerprint density at radius 2 is 1.88 bits per heavy atom. The smallest absolute Gasteiger partial charge is 0.261 e. The van der Waals surface area contributed by atoms with E-state index in [4.69, 9.17) is 5.26 Å². The van der Waals surface area contributed by atoms with E-state index in [2.05, 4.69) is 15.0 Å². The molecule has 2 aromatic rings. The quantitative estimate of drug-likeness (QED) is 0.376. The molecule has 2 N–H and O–H groups in total. The van der Waals surface area contributed by atoms with Gasteiger partial charge < -0.3 is 0 Å². The van der Waals surface area contributed by atoms with Crippen LogP contribution in [0.25, 0.3) is 0 Å². The highest BCUT2D eigenvalue weighted by Gasteiger charge is 2.15. The summed E-state index contributed by atoms with van der Waals surface area (Å²) in [6, 6.07) is 11.2. The Morgan fingerprint density at radius 3 is 2.46 bits per heavy atom. The number of aliphatic imine (C=N–C) groups is 1. The fraction of sp³-hybridized carbons (Fsp3) is 0.0667. The van der Waals surface area contributed by atoms with Gasteiger partial charge in [0, 0.05) is 0 Å². The summed E-state index contributed by atoms with van der Waals surface area (Å²) < 4.78 is 40.3. The number of anilines is 1. The summed E-state index contributed by atoms with van der Waals surface area (Å²) >= 11 is 1.25. The number of para-hydroxylation sites is 1. The molecule has 0 aliphatic heterocycles. The Labute approximate surface area is 143 Å². The molecule has 0 heterocycles. The van der Waals surface area contributed by atoms with Crippen LogP contribution in [0.15, 0.2) is 58.4 Å². The Kier molecular flexibility index (Phi) is 5.78. The summed E-state index contributed by atoms with van der Waals surface area (Å²) in [5.74, 6) is -0.658. The van der Waals surface area contributed by atoms with E-state index in [0.29, 0.717) is 10.9 Å². The number of hydrogen-bond donors (Lipinski definition) is 2. The van der Waals surface area contributed by atoms with Crippen molar-refractivity contribution in [2.75, 3.05) is 11.0 Å². The maximum Gasteiger partial charge on any atom is 0.261 e. The third kappa shape index (κ3) is 4.47. The topological polar surface area (TPSA) is 94.3 Å². The first-order chi connectivity index (χ1) is 11.5. The van der Waals surface area contributed by atoms with Gasteiger partial charge in [0.25, 0.3) is 10.0 Å². The Bertz CT molecular complexity index is 890. The van der Waals surface area contributed by atoms with Crippen molar-refractivity contribution in [1.82, 2.24) is 5.32 Å². The number of hydrogen-bond acceptors (Lipinski definition) is 5. The average Bonchev–Trinajstić information content (AvgIpc) is 2.57. The number of nitrogens with one attached hydrogen (secondary N) is 2. The van der Waals surface area contributed by atoms with Crippen LogP contribution >= 0.6 is 11.8 Å². The molecular formula is C15H13FN4O2S2. The molecule has 0 aliphatic rings. The molecular weight excluding hydrogens is 351 g/mol. The molecule has 0 radical (unpaired) electrons. The van der Waals surface area contributed by atoms with Gasteiger partial charge in [-0.15, -0.1) is 0 Å². The van der Waals surface area contributed by atoms with Crippen LogP contribution < -0.4 is 10.0 Å². The first-order valence-electron chi connectivity index (χ1n) is 6.61. The Morgan fingerprint density at radius 1 is 1.21 bits per heavy atom. The van der Waals surface area contributed by atoms with E-state index in [1.54, 1.807) is 12.4 Å². The molecule has 0 amide bonds. The lowest BCUT2D eigenvalue weighted by atomic mass is 10.3.